The van der Waals surface area contributed by atoms with Crippen LogP contribution in [0.4, 0.5) is 8.78 Å². The number of hydrogen-bond acceptors (Lipinski definition) is 3. The Labute approximate surface area is 184 Å². The number of carbonyl (C=O) groups excluding carboxylic acids is 1. The van der Waals surface area contributed by atoms with Gasteiger partial charge < -0.3 is 9.88 Å². The zero-order chi connectivity index (χ0) is 22.9. The van der Waals surface area contributed by atoms with E-state index in [9.17, 15) is 22.0 Å². The van der Waals surface area contributed by atoms with Gasteiger partial charge in [-0.1, -0.05) is 42.0 Å². The SMILES string of the molecule is Cc1ccc(S(=O)(=O)c2cn(CC(=O)NCc3c(F)cccc3F)c3ccccc23)cc1. The summed E-state index contributed by atoms with van der Waals surface area (Å²) in [7, 11) is -3.82. The molecule has 1 amide bonds. The van der Waals surface area contributed by atoms with Crippen LogP contribution in [0.1, 0.15) is 11.1 Å². The Morgan fingerprint density at radius 2 is 1.59 bits per heavy atom. The molecule has 5 nitrogen and oxygen atoms in total. The molecule has 4 aromatic rings. The summed E-state index contributed by atoms with van der Waals surface area (Å²) in [6.07, 6.45) is 1.42. The molecule has 164 valence electrons. The maximum atomic E-state index is 13.8. The Morgan fingerprint density at radius 1 is 0.938 bits per heavy atom. The van der Waals surface area contributed by atoms with Crippen LogP contribution >= 0.6 is 0 Å². The van der Waals surface area contributed by atoms with Crippen LogP contribution < -0.4 is 5.32 Å². The molecule has 32 heavy (non-hydrogen) atoms. The standard InChI is InChI=1S/C24H20F2N2O3S/c1-16-9-11-17(12-10-16)32(30,31)23-14-28(22-8-3-2-5-18(22)23)15-24(29)27-13-19-20(25)6-4-7-21(19)26/h2-12,14H,13,15H2,1H3,(H,27,29). The summed E-state index contributed by atoms with van der Waals surface area (Å²) in [5, 5.41) is 2.98. The lowest BCUT2D eigenvalue weighted by molar-refractivity contribution is -0.121. The first-order valence-electron chi connectivity index (χ1n) is 9.86. The molecule has 0 aliphatic heterocycles. The summed E-state index contributed by atoms with van der Waals surface area (Å²) < 4.78 is 55.6. The van der Waals surface area contributed by atoms with Gasteiger partial charge in [0.1, 0.15) is 18.2 Å². The van der Waals surface area contributed by atoms with Gasteiger partial charge in [0, 0.05) is 29.2 Å². The van der Waals surface area contributed by atoms with Crippen LogP contribution in [0, 0.1) is 18.6 Å². The van der Waals surface area contributed by atoms with Crippen LogP contribution in [-0.4, -0.2) is 18.9 Å². The Balaban J connectivity index is 1.63. The van der Waals surface area contributed by atoms with E-state index in [1.54, 1.807) is 48.5 Å². The number of aromatic nitrogens is 1. The monoisotopic (exact) mass is 454 g/mol. The quantitative estimate of drug-likeness (QED) is 0.470. The Bertz CT molecular complexity index is 1390. The second kappa shape index (κ2) is 8.55. The zero-order valence-corrected chi connectivity index (χ0v) is 18.0. The third-order valence-electron chi connectivity index (χ3n) is 5.21. The van der Waals surface area contributed by atoms with Gasteiger partial charge in [-0.2, -0.15) is 0 Å². The van der Waals surface area contributed by atoms with E-state index in [2.05, 4.69) is 5.32 Å². The molecule has 0 bridgehead atoms. The van der Waals surface area contributed by atoms with Gasteiger partial charge in [0.2, 0.25) is 15.7 Å². The minimum absolute atomic E-state index is 0.0879. The summed E-state index contributed by atoms with van der Waals surface area (Å²) in [6, 6.07) is 16.9. The summed E-state index contributed by atoms with van der Waals surface area (Å²) in [6.45, 7) is 1.35. The van der Waals surface area contributed by atoms with Crippen LogP contribution in [0.25, 0.3) is 10.9 Å². The third-order valence-corrected chi connectivity index (χ3v) is 7.01. The number of nitrogens with zero attached hydrogens (tertiary/aromatic N) is 1. The van der Waals surface area contributed by atoms with E-state index in [4.69, 9.17) is 0 Å². The molecule has 4 rings (SSSR count). The van der Waals surface area contributed by atoms with Crippen molar-refractivity contribution in [3.8, 4) is 0 Å². The van der Waals surface area contributed by atoms with Gasteiger partial charge in [0.05, 0.1) is 9.79 Å². The van der Waals surface area contributed by atoms with E-state index in [1.165, 1.54) is 16.8 Å². The molecule has 1 N–H and O–H groups in total. The van der Waals surface area contributed by atoms with Crippen molar-refractivity contribution >= 4 is 26.6 Å². The number of carbonyl (C=O) groups is 1. The smallest absolute Gasteiger partial charge is 0.240 e. The zero-order valence-electron chi connectivity index (χ0n) is 17.2. The molecule has 1 aromatic heterocycles. The lowest BCUT2D eigenvalue weighted by Crippen LogP contribution is -2.27. The number of fused-ring (bicyclic) bond motifs is 1. The predicted molar refractivity (Wildman–Crippen MR) is 117 cm³/mol. The van der Waals surface area contributed by atoms with E-state index in [-0.39, 0.29) is 28.4 Å². The lowest BCUT2D eigenvalue weighted by Gasteiger charge is -2.09. The molecule has 0 fully saturated rings. The predicted octanol–water partition coefficient (Wildman–Crippen LogP) is 4.38. The highest BCUT2D eigenvalue weighted by atomic mass is 32.2. The molecular formula is C24H20F2N2O3S. The van der Waals surface area contributed by atoms with Crippen molar-refractivity contribution in [3.05, 3.63) is 95.7 Å². The topological polar surface area (TPSA) is 68.2 Å². The van der Waals surface area contributed by atoms with Crippen LogP contribution in [0.15, 0.2) is 82.7 Å². The molecule has 0 spiro atoms. The molecular weight excluding hydrogens is 434 g/mol. The fourth-order valence-corrected chi connectivity index (χ4v) is 4.98. The second-order valence-corrected chi connectivity index (χ2v) is 9.35. The number of hydrogen-bond donors (Lipinski definition) is 1. The van der Waals surface area contributed by atoms with E-state index in [0.29, 0.717) is 10.9 Å². The fraction of sp³-hybridized carbons (Fsp3) is 0.125. The number of benzene rings is 3. The van der Waals surface area contributed by atoms with Gasteiger partial charge in [-0.3, -0.25) is 4.79 Å². The third kappa shape index (κ3) is 4.13. The Morgan fingerprint density at radius 3 is 2.28 bits per heavy atom. The van der Waals surface area contributed by atoms with Gasteiger partial charge in [-0.25, -0.2) is 17.2 Å². The number of amides is 1. The summed E-state index contributed by atoms with van der Waals surface area (Å²) in [5.41, 5.74) is 1.26. The highest BCUT2D eigenvalue weighted by molar-refractivity contribution is 7.91. The first kappa shape index (κ1) is 21.7. The summed E-state index contributed by atoms with van der Waals surface area (Å²) in [5.74, 6) is -2.00. The number of para-hydroxylation sites is 1. The highest BCUT2D eigenvalue weighted by Crippen LogP contribution is 2.30. The van der Waals surface area contributed by atoms with Crippen LogP contribution in [0.3, 0.4) is 0 Å². The number of halogens is 2. The molecule has 0 aliphatic carbocycles. The fourth-order valence-electron chi connectivity index (χ4n) is 3.50. The number of rotatable bonds is 6. The molecule has 0 radical (unpaired) electrons. The maximum Gasteiger partial charge on any atom is 0.240 e. The maximum absolute atomic E-state index is 13.8. The minimum Gasteiger partial charge on any atom is -0.350 e. The van der Waals surface area contributed by atoms with E-state index in [1.807, 2.05) is 6.92 Å². The molecule has 0 saturated carbocycles. The van der Waals surface area contributed by atoms with E-state index < -0.39 is 27.4 Å². The second-order valence-electron chi connectivity index (χ2n) is 7.43. The average Bonchev–Trinajstić information content (AvgIpc) is 3.13. The molecule has 0 saturated heterocycles. The summed E-state index contributed by atoms with van der Waals surface area (Å²) in [4.78, 5) is 12.7. The number of aryl methyl sites for hydroxylation is 1. The van der Waals surface area contributed by atoms with Crippen molar-refractivity contribution in [2.45, 2.75) is 29.8 Å². The van der Waals surface area contributed by atoms with Gasteiger partial charge in [-0.05, 0) is 37.3 Å². The molecule has 8 heteroatoms. The molecule has 0 aliphatic rings. The minimum atomic E-state index is -3.82. The van der Waals surface area contributed by atoms with E-state index >= 15 is 0 Å². The van der Waals surface area contributed by atoms with Crippen molar-refractivity contribution < 1.29 is 22.0 Å². The van der Waals surface area contributed by atoms with Crippen LogP contribution in [0.5, 0.6) is 0 Å². The Kier molecular flexibility index (Phi) is 5.80. The van der Waals surface area contributed by atoms with Crippen LogP contribution in [0.2, 0.25) is 0 Å². The molecule has 3 aromatic carbocycles. The first-order valence-corrected chi connectivity index (χ1v) is 11.3. The van der Waals surface area contributed by atoms with Gasteiger partial charge in [-0.15, -0.1) is 0 Å². The largest absolute Gasteiger partial charge is 0.350 e. The van der Waals surface area contributed by atoms with Crippen molar-refractivity contribution in [2.24, 2.45) is 0 Å². The number of sulfone groups is 1. The van der Waals surface area contributed by atoms with Crippen molar-refractivity contribution in [3.63, 3.8) is 0 Å². The Hall–Kier alpha value is -3.52. The molecule has 0 unspecified atom stereocenters. The highest BCUT2D eigenvalue weighted by Gasteiger charge is 2.24. The number of nitrogens with one attached hydrogen (secondary N) is 1. The molecule has 1 heterocycles. The van der Waals surface area contributed by atoms with Gasteiger partial charge >= 0.3 is 0 Å². The van der Waals surface area contributed by atoms with Crippen molar-refractivity contribution in [1.82, 2.24) is 9.88 Å². The van der Waals surface area contributed by atoms with Crippen LogP contribution in [-0.2, 0) is 27.7 Å². The normalized spacial score (nSPS) is 11.6. The van der Waals surface area contributed by atoms with E-state index in [0.717, 1.165) is 17.7 Å². The van der Waals surface area contributed by atoms with Gasteiger partial charge in [0.15, 0.2) is 0 Å². The summed E-state index contributed by atoms with van der Waals surface area (Å²) >= 11 is 0. The van der Waals surface area contributed by atoms with Gasteiger partial charge in [0.25, 0.3) is 0 Å². The van der Waals surface area contributed by atoms with Crippen molar-refractivity contribution in [2.75, 3.05) is 0 Å². The first-order chi connectivity index (χ1) is 15.3. The lowest BCUT2D eigenvalue weighted by atomic mass is 10.2. The molecule has 0 atom stereocenters. The van der Waals surface area contributed by atoms with Crippen molar-refractivity contribution in [1.29, 1.82) is 0 Å². The average molecular weight is 454 g/mol.